The van der Waals surface area contributed by atoms with Crippen LogP contribution in [0.1, 0.15) is 12.8 Å². The number of rotatable bonds is 3. The Kier molecular flexibility index (Phi) is 4.99. The van der Waals surface area contributed by atoms with Crippen LogP contribution in [0, 0.1) is 11.8 Å². The lowest BCUT2D eigenvalue weighted by Crippen LogP contribution is -2.61. The van der Waals surface area contributed by atoms with Gasteiger partial charge in [-0.25, -0.2) is 4.89 Å². The first-order valence-electron chi connectivity index (χ1n) is 8.63. The second-order valence-corrected chi connectivity index (χ2v) is 7.95. The molecule has 0 aromatic heterocycles. The minimum Gasteiger partial charge on any atom is -0.394 e. The van der Waals surface area contributed by atoms with E-state index in [1.54, 1.807) is 0 Å². The zero-order chi connectivity index (χ0) is 18.8. The van der Waals surface area contributed by atoms with Crippen LogP contribution in [-0.4, -0.2) is 97.4 Å². The zero-order valence-electron chi connectivity index (χ0n) is 13.7. The Morgan fingerprint density at radius 3 is 2.46 bits per heavy atom. The van der Waals surface area contributed by atoms with Crippen LogP contribution in [-0.2, 0) is 19.2 Å². The second-order valence-electron chi connectivity index (χ2n) is 7.48. The quantitative estimate of drug-likeness (QED) is 0.216. The summed E-state index contributed by atoms with van der Waals surface area (Å²) in [5.74, 6) is -3.17. The third kappa shape index (κ3) is 2.72. The van der Waals surface area contributed by atoms with Crippen molar-refractivity contribution < 1.29 is 49.9 Å². The predicted octanol–water partition coefficient (Wildman–Crippen LogP) is -2.80. The number of fused-ring (bicyclic) bond motifs is 2. The van der Waals surface area contributed by atoms with Gasteiger partial charge in [-0.1, -0.05) is 0 Å². The number of aliphatic hydroxyl groups is 6. The SMILES string of the molecule is OC[C@H]1O[C@@H](OC2CC3C[C@@H]4C2[C@](O)(OO3)C(Cl)[C@H]4O)[C@H](O)[C@@H](O)[C@@H]1O. The molecular weight excluding hydrogens is 376 g/mol. The molecule has 5 aliphatic rings. The molecule has 0 spiro atoms. The highest BCUT2D eigenvalue weighted by molar-refractivity contribution is 6.22. The van der Waals surface area contributed by atoms with Gasteiger partial charge in [-0.15, -0.1) is 11.6 Å². The molecule has 2 aliphatic carbocycles. The molecule has 4 unspecified atom stereocenters. The Balaban J connectivity index is 1.57. The molecule has 11 heteroatoms. The average molecular weight is 399 g/mol. The second kappa shape index (κ2) is 6.75. The van der Waals surface area contributed by atoms with Gasteiger partial charge in [0.25, 0.3) is 0 Å². The lowest BCUT2D eigenvalue weighted by molar-refractivity contribution is -0.431. The standard InChI is InChI=1S/C15H23ClO10/c16-13-9(18)5-1-4-2-6(8(5)15(13,22)26-25-4)23-14-12(21)11(20)10(19)7(3-17)24-14/h4-14,17-22H,1-3H2/t4?,5-,6?,7-,8?,9+,10-,11+,12-,13?,14-,15+/m1/s1. The summed E-state index contributed by atoms with van der Waals surface area (Å²) in [6.45, 7) is -0.581. The highest BCUT2D eigenvalue weighted by Gasteiger charge is 2.68. The molecule has 3 aliphatic heterocycles. The topological polar surface area (TPSA) is 158 Å². The van der Waals surface area contributed by atoms with E-state index in [9.17, 15) is 30.6 Å². The molecule has 5 fully saturated rings. The van der Waals surface area contributed by atoms with Gasteiger partial charge in [-0.05, 0) is 12.3 Å². The van der Waals surface area contributed by atoms with Crippen molar-refractivity contribution in [1.82, 2.24) is 0 Å². The molecule has 150 valence electrons. The Morgan fingerprint density at radius 2 is 1.77 bits per heavy atom. The number of hydrogen-bond acceptors (Lipinski definition) is 10. The van der Waals surface area contributed by atoms with Gasteiger partial charge < -0.3 is 40.1 Å². The number of halogens is 1. The summed E-state index contributed by atoms with van der Waals surface area (Å²) >= 11 is 6.15. The van der Waals surface area contributed by atoms with Gasteiger partial charge in [-0.3, -0.25) is 0 Å². The normalized spacial score (nSPS) is 59.4. The van der Waals surface area contributed by atoms with E-state index in [2.05, 4.69) is 0 Å². The Hall–Kier alpha value is -0.110. The molecule has 10 nitrogen and oxygen atoms in total. The van der Waals surface area contributed by atoms with E-state index in [1.165, 1.54) is 0 Å². The molecule has 5 rings (SSSR count). The number of ether oxygens (including phenoxy) is 2. The van der Waals surface area contributed by atoms with Crippen molar-refractivity contribution in [2.75, 3.05) is 6.61 Å². The third-order valence-electron chi connectivity index (χ3n) is 5.98. The van der Waals surface area contributed by atoms with Gasteiger partial charge in [0, 0.05) is 12.3 Å². The fourth-order valence-corrected chi connectivity index (χ4v) is 4.98. The molecule has 2 saturated carbocycles. The molecule has 0 aromatic rings. The first kappa shape index (κ1) is 19.2. The molecule has 3 saturated heterocycles. The zero-order valence-corrected chi connectivity index (χ0v) is 14.4. The smallest absolute Gasteiger partial charge is 0.223 e. The third-order valence-corrected chi connectivity index (χ3v) is 6.55. The summed E-state index contributed by atoms with van der Waals surface area (Å²) < 4.78 is 11.2. The first-order valence-corrected chi connectivity index (χ1v) is 9.06. The van der Waals surface area contributed by atoms with Crippen LogP contribution in [0.25, 0.3) is 0 Å². The van der Waals surface area contributed by atoms with Crippen LogP contribution in [0.15, 0.2) is 0 Å². The van der Waals surface area contributed by atoms with E-state index in [4.69, 9.17) is 30.8 Å². The van der Waals surface area contributed by atoms with Crippen LogP contribution >= 0.6 is 11.6 Å². The monoisotopic (exact) mass is 398 g/mol. The minimum absolute atomic E-state index is 0.287. The van der Waals surface area contributed by atoms with Crippen LogP contribution in [0.2, 0.25) is 0 Å². The molecule has 0 aromatic carbocycles. The van der Waals surface area contributed by atoms with Gasteiger partial charge in [0.15, 0.2) is 6.29 Å². The number of hydrogen-bond donors (Lipinski definition) is 6. The van der Waals surface area contributed by atoms with Crippen molar-refractivity contribution in [3.63, 3.8) is 0 Å². The summed E-state index contributed by atoms with van der Waals surface area (Å²) in [6.07, 6.45) is -8.65. The van der Waals surface area contributed by atoms with E-state index in [-0.39, 0.29) is 6.42 Å². The maximum atomic E-state index is 10.8. The van der Waals surface area contributed by atoms with Crippen molar-refractivity contribution in [3.05, 3.63) is 0 Å². The summed E-state index contributed by atoms with van der Waals surface area (Å²) in [4.78, 5) is 10.3. The van der Waals surface area contributed by atoms with Gasteiger partial charge in [0.1, 0.15) is 29.8 Å². The summed E-state index contributed by atoms with van der Waals surface area (Å²) in [5.41, 5.74) is 0. The van der Waals surface area contributed by atoms with Gasteiger partial charge in [0.2, 0.25) is 5.79 Å². The highest BCUT2D eigenvalue weighted by Crippen LogP contribution is 2.55. The molecule has 6 N–H and O–H groups in total. The fraction of sp³-hybridized carbons (Fsp3) is 1.00. The van der Waals surface area contributed by atoms with Crippen molar-refractivity contribution in [3.8, 4) is 0 Å². The molecular formula is C15H23ClO10. The lowest BCUT2D eigenvalue weighted by Gasteiger charge is -2.44. The van der Waals surface area contributed by atoms with Crippen molar-refractivity contribution in [2.24, 2.45) is 11.8 Å². The van der Waals surface area contributed by atoms with Crippen molar-refractivity contribution in [2.45, 2.75) is 73.0 Å². The average Bonchev–Trinajstić information content (AvgIpc) is 2.77. The summed E-state index contributed by atoms with van der Waals surface area (Å²) in [5, 5.41) is 59.3. The van der Waals surface area contributed by atoms with E-state index in [0.29, 0.717) is 6.42 Å². The molecule has 0 radical (unpaired) electrons. The largest absolute Gasteiger partial charge is 0.394 e. The Labute approximate surface area is 153 Å². The molecule has 26 heavy (non-hydrogen) atoms. The van der Waals surface area contributed by atoms with Crippen molar-refractivity contribution >= 4 is 11.6 Å². The van der Waals surface area contributed by atoms with Crippen LogP contribution in [0.5, 0.6) is 0 Å². The number of aliphatic hydroxyl groups excluding tert-OH is 5. The summed E-state index contributed by atoms with van der Waals surface area (Å²) in [7, 11) is 0. The Morgan fingerprint density at radius 1 is 1.04 bits per heavy atom. The highest BCUT2D eigenvalue weighted by atomic mass is 35.5. The molecule has 3 heterocycles. The first-order chi connectivity index (χ1) is 12.3. The molecule has 4 bridgehead atoms. The van der Waals surface area contributed by atoms with E-state index < -0.39 is 78.6 Å². The van der Waals surface area contributed by atoms with E-state index >= 15 is 0 Å². The predicted molar refractivity (Wildman–Crippen MR) is 81.4 cm³/mol. The maximum absolute atomic E-state index is 10.8. The molecule has 0 amide bonds. The van der Waals surface area contributed by atoms with Crippen molar-refractivity contribution in [1.29, 1.82) is 0 Å². The summed E-state index contributed by atoms with van der Waals surface area (Å²) in [6, 6.07) is 0. The maximum Gasteiger partial charge on any atom is 0.223 e. The minimum atomic E-state index is -1.98. The fourth-order valence-electron chi connectivity index (χ4n) is 4.62. The van der Waals surface area contributed by atoms with Crippen LogP contribution < -0.4 is 0 Å². The number of alkyl halides is 1. The Bertz CT molecular complexity index is 537. The van der Waals surface area contributed by atoms with Crippen LogP contribution in [0.3, 0.4) is 0 Å². The van der Waals surface area contributed by atoms with Gasteiger partial charge in [-0.2, -0.15) is 4.89 Å². The van der Waals surface area contributed by atoms with E-state index in [1.807, 2.05) is 0 Å². The molecule has 12 atom stereocenters. The van der Waals surface area contributed by atoms with Gasteiger partial charge in [0.05, 0.1) is 24.9 Å². The van der Waals surface area contributed by atoms with Gasteiger partial charge >= 0.3 is 0 Å². The lowest BCUT2D eigenvalue weighted by atomic mass is 9.76. The van der Waals surface area contributed by atoms with E-state index in [0.717, 1.165) is 0 Å². The van der Waals surface area contributed by atoms with Crippen LogP contribution in [0.4, 0.5) is 0 Å².